The number of hydrogen-bond acceptors (Lipinski definition) is 4. The molecule has 0 spiro atoms. The molecule has 0 aromatic rings. The minimum Gasteiger partial charge on any atom is -0.495 e. The molecule has 74 valence electrons. The van der Waals surface area contributed by atoms with E-state index in [2.05, 4.69) is 4.74 Å². The van der Waals surface area contributed by atoms with Gasteiger partial charge in [-0.25, -0.2) is 4.79 Å². The molecule has 0 aromatic carbocycles. The van der Waals surface area contributed by atoms with E-state index >= 15 is 0 Å². The highest BCUT2D eigenvalue weighted by Gasteiger charge is 2.30. The average molecular weight is 186 g/mol. The van der Waals surface area contributed by atoms with Crippen molar-refractivity contribution in [2.24, 2.45) is 5.92 Å². The summed E-state index contributed by atoms with van der Waals surface area (Å²) in [4.78, 5) is 10.9. The van der Waals surface area contributed by atoms with Gasteiger partial charge >= 0.3 is 5.97 Å². The highest BCUT2D eigenvalue weighted by atomic mass is 16.5. The SMILES string of the molecule is COC(=O)/C=C1/OC[C@@H](OC)[C@@H]1C. The van der Waals surface area contributed by atoms with Gasteiger partial charge in [-0.15, -0.1) is 0 Å². The molecule has 0 aliphatic carbocycles. The minimum absolute atomic E-state index is 0.0379. The fourth-order valence-corrected chi connectivity index (χ4v) is 1.26. The molecule has 0 unspecified atom stereocenters. The van der Waals surface area contributed by atoms with Crippen LogP contribution in [-0.2, 0) is 19.0 Å². The van der Waals surface area contributed by atoms with Crippen LogP contribution in [0.2, 0.25) is 0 Å². The Bertz CT molecular complexity index is 222. The maximum atomic E-state index is 10.9. The van der Waals surface area contributed by atoms with Gasteiger partial charge in [-0.2, -0.15) is 0 Å². The molecule has 1 fully saturated rings. The molecule has 1 aliphatic rings. The van der Waals surface area contributed by atoms with Crippen LogP contribution in [0, 0.1) is 5.92 Å². The zero-order valence-corrected chi connectivity index (χ0v) is 8.07. The largest absolute Gasteiger partial charge is 0.495 e. The third-order valence-corrected chi connectivity index (χ3v) is 2.18. The second-order valence-corrected chi connectivity index (χ2v) is 2.94. The Labute approximate surface area is 77.5 Å². The van der Waals surface area contributed by atoms with E-state index in [9.17, 15) is 4.79 Å². The van der Waals surface area contributed by atoms with Crippen molar-refractivity contribution in [1.82, 2.24) is 0 Å². The van der Waals surface area contributed by atoms with E-state index in [-0.39, 0.29) is 12.0 Å². The van der Waals surface area contributed by atoms with E-state index in [4.69, 9.17) is 9.47 Å². The molecule has 1 saturated heterocycles. The lowest BCUT2D eigenvalue weighted by molar-refractivity contribution is -0.135. The molecular weight excluding hydrogens is 172 g/mol. The van der Waals surface area contributed by atoms with Gasteiger partial charge in [-0.3, -0.25) is 0 Å². The molecule has 1 rings (SSSR count). The molecule has 0 N–H and O–H groups in total. The summed E-state index contributed by atoms with van der Waals surface area (Å²) in [5.41, 5.74) is 0. The first kappa shape index (κ1) is 10.1. The van der Waals surface area contributed by atoms with Crippen molar-refractivity contribution in [2.45, 2.75) is 13.0 Å². The van der Waals surface area contributed by atoms with Crippen molar-refractivity contribution in [3.8, 4) is 0 Å². The Morgan fingerprint density at radius 1 is 1.62 bits per heavy atom. The third-order valence-electron chi connectivity index (χ3n) is 2.18. The normalized spacial score (nSPS) is 30.2. The van der Waals surface area contributed by atoms with E-state index in [1.54, 1.807) is 7.11 Å². The Morgan fingerprint density at radius 2 is 2.31 bits per heavy atom. The summed E-state index contributed by atoms with van der Waals surface area (Å²) in [6.07, 6.45) is 1.40. The second kappa shape index (κ2) is 4.28. The summed E-state index contributed by atoms with van der Waals surface area (Å²) in [7, 11) is 2.97. The lowest BCUT2D eigenvalue weighted by atomic mass is 10.1. The van der Waals surface area contributed by atoms with E-state index in [1.807, 2.05) is 6.92 Å². The summed E-state index contributed by atoms with van der Waals surface area (Å²) in [6.45, 7) is 2.45. The van der Waals surface area contributed by atoms with Gasteiger partial charge < -0.3 is 14.2 Å². The van der Waals surface area contributed by atoms with Gasteiger partial charge in [0.25, 0.3) is 0 Å². The predicted molar refractivity (Wildman–Crippen MR) is 46.0 cm³/mol. The van der Waals surface area contributed by atoms with E-state index in [0.29, 0.717) is 12.4 Å². The number of carbonyl (C=O) groups excluding carboxylic acids is 1. The zero-order chi connectivity index (χ0) is 9.84. The van der Waals surface area contributed by atoms with Gasteiger partial charge in [0.05, 0.1) is 13.2 Å². The predicted octanol–water partition coefficient (Wildman–Crippen LogP) is 0.725. The maximum Gasteiger partial charge on any atom is 0.333 e. The highest BCUT2D eigenvalue weighted by molar-refractivity contribution is 5.82. The molecule has 0 bridgehead atoms. The summed E-state index contributed by atoms with van der Waals surface area (Å²) in [5.74, 6) is 0.362. The fraction of sp³-hybridized carbons (Fsp3) is 0.667. The smallest absolute Gasteiger partial charge is 0.333 e. The first-order valence-corrected chi connectivity index (χ1v) is 4.14. The van der Waals surface area contributed by atoms with E-state index in [1.165, 1.54) is 13.2 Å². The molecule has 13 heavy (non-hydrogen) atoms. The van der Waals surface area contributed by atoms with Crippen LogP contribution in [0.15, 0.2) is 11.8 Å². The molecular formula is C9H14O4. The topological polar surface area (TPSA) is 44.8 Å². The van der Waals surface area contributed by atoms with Gasteiger partial charge in [-0.05, 0) is 0 Å². The number of carbonyl (C=O) groups is 1. The molecule has 0 amide bonds. The van der Waals surface area contributed by atoms with Crippen molar-refractivity contribution in [3.05, 3.63) is 11.8 Å². The van der Waals surface area contributed by atoms with Crippen LogP contribution in [0.4, 0.5) is 0 Å². The Kier molecular flexibility index (Phi) is 3.31. The number of methoxy groups -OCH3 is 2. The number of rotatable bonds is 2. The van der Waals surface area contributed by atoms with Crippen LogP contribution in [0.25, 0.3) is 0 Å². The van der Waals surface area contributed by atoms with Crippen molar-refractivity contribution in [3.63, 3.8) is 0 Å². The molecule has 4 heteroatoms. The molecule has 0 saturated carbocycles. The minimum atomic E-state index is -0.390. The Balaban J connectivity index is 2.63. The first-order chi connectivity index (χ1) is 6.19. The van der Waals surface area contributed by atoms with Crippen LogP contribution in [0.1, 0.15) is 6.92 Å². The van der Waals surface area contributed by atoms with Crippen molar-refractivity contribution in [1.29, 1.82) is 0 Å². The molecule has 1 aliphatic heterocycles. The quantitative estimate of drug-likeness (QED) is 0.471. The van der Waals surface area contributed by atoms with Crippen LogP contribution in [0.5, 0.6) is 0 Å². The standard InChI is InChI=1S/C9H14O4/c1-6-7(4-9(10)12-3)13-5-8(6)11-2/h4,6,8H,5H2,1-3H3/b7-4+/t6-,8-/m1/s1. The third kappa shape index (κ3) is 2.21. The molecule has 0 radical (unpaired) electrons. The maximum absolute atomic E-state index is 10.9. The van der Waals surface area contributed by atoms with Crippen LogP contribution in [0.3, 0.4) is 0 Å². The molecule has 4 nitrogen and oxygen atoms in total. The summed E-state index contributed by atoms with van der Waals surface area (Å²) < 4.78 is 14.9. The molecule has 1 heterocycles. The summed E-state index contributed by atoms with van der Waals surface area (Å²) >= 11 is 0. The van der Waals surface area contributed by atoms with Gasteiger partial charge in [0, 0.05) is 13.0 Å². The summed E-state index contributed by atoms with van der Waals surface area (Å²) in [6, 6.07) is 0. The Hall–Kier alpha value is -1.03. The summed E-state index contributed by atoms with van der Waals surface area (Å²) in [5, 5.41) is 0. The lowest BCUT2D eigenvalue weighted by Crippen LogP contribution is -2.17. The van der Waals surface area contributed by atoms with Crippen molar-refractivity contribution in [2.75, 3.05) is 20.8 Å². The average Bonchev–Trinajstić information content (AvgIpc) is 2.48. The van der Waals surface area contributed by atoms with Crippen molar-refractivity contribution >= 4 is 5.97 Å². The van der Waals surface area contributed by atoms with Gasteiger partial charge in [-0.1, -0.05) is 6.92 Å². The van der Waals surface area contributed by atoms with Gasteiger partial charge in [0.15, 0.2) is 0 Å². The van der Waals surface area contributed by atoms with Crippen LogP contribution >= 0.6 is 0 Å². The van der Waals surface area contributed by atoms with Gasteiger partial charge in [0.2, 0.25) is 0 Å². The second-order valence-electron chi connectivity index (χ2n) is 2.94. The van der Waals surface area contributed by atoms with Gasteiger partial charge in [0.1, 0.15) is 18.5 Å². The van der Waals surface area contributed by atoms with E-state index in [0.717, 1.165) is 0 Å². The van der Waals surface area contributed by atoms with Crippen LogP contribution < -0.4 is 0 Å². The Morgan fingerprint density at radius 3 is 2.77 bits per heavy atom. The van der Waals surface area contributed by atoms with Crippen LogP contribution in [-0.4, -0.2) is 32.9 Å². The molecule has 2 atom stereocenters. The fourth-order valence-electron chi connectivity index (χ4n) is 1.26. The zero-order valence-electron chi connectivity index (χ0n) is 8.07. The van der Waals surface area contributed by atoms with Crippen molar-refractivity contribution < 1.29 is 19.0 Å². The molecule has 0 aromatic heterocycles. The first-order valence-electron chi connectivity index (χ1n) is 4.14. The number of ether oxygens (including phenoxy) is 3. The number of esters is 1. The highest BCUT2D eigenvalue weighted by Crippen LogP contribution is 2.26. The van der Waals surface area contributed by atoms with E-state index < -0.39 is 5.97 Å². The lowest BCUT2D eigenvalue weighted by Gasteiger charge is -2.08. The monoisotopic (exact) mass is 186 g/mol. The number of hydrogen-bond donors (Lipinski definition) is 0.